The van der Waals surface area contributed by atoms with E-state index in [0.29, 0.717) is 10.4 Å². The topological polar surface area (TPSA) is 47.0 Å². The molecule has 0 atom stereocenters. The average Bonchev–Trinajstić information content (AvgIpc) is 2.64. The van der Waals surface area contributed by atoms with Crippen molar-refractivity contribution in [1.82, 2.24) is 4.98 Å². The Bertz CT molecular complexity index is 557. The number of hydrogen-bond donors (Lipinski definition) is 0. The van der Waals surface area contributed by atoms with E-state index < -0.39 is 9.84 Å². The molecule has 0 aliphatic rings. The summed E-state index contributed by atoms with van der Waals surface area (Å²) in [7, 11) is -3.17. The van der Waals surface area contributed by atoms with Crippen molar-refractivity contribution in [3.63, 3.8) is 0 Å². The molecular formula is C9H8NO2S2. The third-order valence-electron chi connectivity index (χ3n) is 1.99. The molecule has 0 spiro atoms. The van der Waals surface area contributed by atoms with Crippen LogP contribution in [0, 0.1) is 5.51 Å². The molecule has 0 N–H and O–H groups in total. The predicted octanol–water partition coefficient (Wildman–Crippen LogP) is 1.89. The Hall–Kier alpha value is -0.940. The standard InChI is InChI=1S/C9H8NO2S2/c1-2-14(11,12)8-5-3-4-7-9(8)10-6-13-7/h3-5H,2H2,1H3. The van der Waals surface area contributed by atoms with Crippen LogP contribution >= 0.6 is 11.3 Å². The Labute approximate surface area is 86.3 Å². The van der Waals surface area contributed by atoms with Gasteiger partial charge < -0.3 is 0 Å². The fourth-order valence-corrected chi connectivity index (χ4v) is 2.96. The second-order valence-electron chi connectivity index (χ2n) is 2.81. The summed E-state index contributed by atoms with van der Waals surface area (Å²) in [6.45, 7) is 1.63. The number of rotatable bonds is 2. The summed E-state index contributed by atoms with van der Waals surface area (Å²) in [6.07, 6.45) is 0. The largest absolute Gasteiger partial charge is 0.232 e. The lowest BCUT2D eigenvalue weighted by molar-refractivity contribution is 0.598. The van der Waals surface area contributed by atoms with Gasteiger partial charge in [0.15, 0.2) is 15.3 Å². The minimum Gasteiger partial charge on any atom is -0.232 e. The van der Waals surface area contributed by atoms with Crippen molar-refractivity contribution in [2.24, 2.45) is 0 Å². The lowest BCUT2D eigenvalue weighted by Gasteiger charge is -2.00. The molecule has 1 heterocycles. The van der Waals surface area contributed by atoms with E-state index in [2.05, 4.69) is 10.5 Å². The first-order valence-corrected chi connectivity index (χ1v) is 6.60. The van der Waals surface area contributed by atoms with Crippen LogP contribution in [0.25, 0.3) is 10.2 Å². The van der Waals surface area contributed by atoms with Gasteiger partial charge in [-0.25, -0.2) is 13.4 Å². The molecule has 0 aliphatic carbocycles. The highest BCUT2D eigenvalue weighted by Crippen LogP contribution is 2.24. The fourth-order valence-electron chi connectivity index (χ4n) is 1.22. The van der Waals surface area contributed by atoms with E-state index in [9.17, 15) is 8.42 Å². The maximum Gasteiger partial charge on any atom is 0.180 e. The summed E-state index contributed by atoms with van der Waals surface area (Å²) >= 11 is 1.33. The van der Waals surface area contributed by atoms with Crippen molar-refractivity contribution in [1.29, 1.82) is 0 Å². The summed E-state index contributed by atoms with van der Waals surface area (Å²) in [6, 6.07) is 5.17. The van der Waals surface area contributed by atoms with Crippen LogP contribution in [0.3, 0.4) is 0 Å². The van der Waals surface area contributed by atoms with Gasteiger partial charge in [0.1, 0.15) is 5.52 Å². The molecule has 0 aliphatic heterocycles. The first-order chi connectivity index (χ1) is 6.65. The number of nitrogens with zero attached hydrogens (tertiary/aromatic N) is 1. The molecule has 2 rings (SSSR count). The van der Waals surface area contributed by atoms with Crippen LogP contribution in [0.15, 0.2) is 23.1 Å². The number of thiazole rings is 1. The maximum absolute atomic E-state index is 11.7. The van der Waals surface area contributed by atoms with E-state index in [1.54, 1.807) is 19.1 Å². The molecule has 0 saturated heterocycles. The Morgan fingerprint density at radius 1 is 1.50 bits per heavy atom. The molecule has 3 nitrogen and oxygen atoms in total. The van der Waals surface area contributed by atoms with Crippen LogP contribution in [0.2, 0.25) is 0 Å². The fraction of sp³-hybridized carbons (Fsp3) is 0.222. The van der Waals surface area contributed by atoms with Gasteiger partial charge in [0.25, 0.3) is 0 Å². The maximum atomic E-state index is 11.7. The molecule has 5 heteroatoms. The molecule has 0 unspecified atom stereocenters. The highest BCUT2D eigenvalue weighted by atomic mass is 32.2. The smallest absolute Gasteiger partial charge is 0.180 e. The van der Waals surface area contributed by atoms with Crippen molar-refractivity contribution >= 4 is 31.4 Å². The first kappa shape index (κ1) is 9.61. The Morgan fingerprint density at radius 2 is 2.29 bits per heavy atom. The van der Waals surface area contributed by atoms with Gasteiger partial charge >= 0.3 is 0 Å². The summed E-state index contributed by atoms with van der Waals surface area (Å²) in [5.74, 6) is 0.101. The molecule has 2 aromatic rings. The zero-order chi connectivity index (χ0) is 10.2. The van der Waals surface area contributed by atoms with Crippen molar-refractivity contribution in [3.8, 4) is 0 Å². The van der Waals surface area contributed by atoms with Gasteiger partial charge in [0, 0.05) is 0 Å². The highest BCUT2D eigenvalue weighted by Gasteiger charge is 2.16. The van der Waals surface area contributed by atoms with E-state index in [-0.39, 0.29) is 5.75 Å². The second kappa shape index (κ2) is 3.33. The Kier molecular flexibility index (Phi) is 2.28. The number of aromatic nitrogens is 1. The van der Waals surface area contributed by atoms with Crippen molar-refractivity contribution < 1.29 is 8.42 Å². The second-order valence-corrected chi connectivity index (χ2v) is 5.88. The van der Waals surface area contributed by atoms with Gasteiger partial charge in [0.05, 0.1) is 15.3 Å². The zero-order valence-corrected chi connectivity index (χ0v) is 9.15. The third kappa shape index (κ3) is 1.42. The monoisotopic (exact) mass is 226 g/mol. The molecule has 1 aromatic carbocycles. The van der Waals surface area contributed by atoms with E-state index in [4.69, 9.17) is 0 Å². The number of sulfone groups is 1. The number of fused-ring (bicyclic) bond motifs is 1. The number of benzene rings is 1. The lowest BCUT2D eigenvalue weighted by Crippen LogP contribution is -2.04. The quantitative estimate of drug-likeness (QED) is 0.785. The minimum absolute atomic E-state index is 0.101. The summed E-state index contributed by atoms with van der Waals surface area (Å²) in [5.41, 5.74) is 3.24. The number of para-hydroxylation sites is 1. The Morgan fingerprint density at radius 3 is 3.00 bits per heavy atom. The molecule has 1 aromatic heterocycles. The van der Waals surface area contributed by atoms with Gasteiger partial charge in [-0.15, -0.1) is 11.3 Å². The van der Waals surface area contributed by atoms with Crippen LogP contribution in [0.1, 0.15) is 6.92 Å². The highest BCUT2D eigenvalue weighted by molar-refractivity contribution is 7.91. The zero-order valence-electron chi connectivity index (χ0n) is 7.52. The van der Waals surface area contributed by atoms with E-state index in [1.807, 2.05) is 6.07 Å². The molecule has 14 heavy (non-hydrogen) atoms. The number of hydrogen-bond acceptors (Lipinski definition) is 4. The van der Waals surface area contributed by atoms with Crippen LogP contribution in [0.4, 0.5) is 0 Å². The van der Waals surface area contributed by atoms with Crippen LogP contribution < -0.4 is 0 Å². The van der Waals surface area contributed by atoms with Gasteiger partial charge in [-0.05, 0) is 12.1 Å². The molecule has 0 saturated carbocycles. The van der Waals surface area contributed by atoms with Gasteiger partial charge in [0.2, 0.25) is 0 Å². The summed E-state index contributed by atoms with van der Waals surface area (Å²) in [5, 5.41) is 0. The lowest BCUT2D eigenvalue weighted by atomic mass is 10.3. The van der Waals surface area contributed by atoms with Crippen LogP contribution in [-0.2, 0) is 9.84 Å². The van der Waals surface area contributed by atoms with Crippen molar-refractivity contribution in [3.05, 3.63) is 23.7 Å². The third-order valence-corrected chi connectivity index (χ3v) is 4.48. The summed E-state index contributed by atoms with van der Waals surface area (Å²) < 4.78 is 24.2. The molecule has 73 valence electrons. The first-order valence-electron chi connectivity index (χ1n) is 4.13. The van der Waals surface area contributed by atoms with Crippen molar-refractivity contribution in [2.75, 3.05) is 5.75 Å². The van der Waals surface area contributed by atoms with Gasteiger partial charge in [-0.1, -0.05) is 13.0 Å². The van der Waals surface area contributed by atoms with Crippen LogP contribution in [0.5, 0.6) is 0 Å². The van der Waals surface area contributed by atoms with Crippen molar-refractivity contribution in [2.45, 2.75) is 11.8 Å². The minimum atomic E-state index is -3.17. The van der Waals surface area contributed by atoms with Gasteiger partial charge in [-0.2, -0.15) is 0 Å². The normalized spacial score (nSPS) is 12.1. The molecule has 0 bridgehead atoms. The van der Waals surface area contributed by atoms with Crippen LogP contribution in [-0.4, -0.2) is 19.2 Å². The van der Waals surface area contributed by atoms with E-state index in [0.717, 1.165) is 4.70 Å². The molecule has 1 radical (unpaired) electrons. The molecule has 0 fully saturated rings. The average molecular weight is 226 g/mol. The van der Waals surface area contributed by atoms with E-state index in [1.165, 1.54) is 11.3 Å². The molecular weight excluding hydrogens is 218 g/mol. The van der Waals surface area contributed by atoms with Gasteiger partial charge in [-0.3, -0.25) is 0 Å². The van der Waals surface area contributed by atoms with E-state index >= 15 is 0 Å². The molecule has 0 amide bonds. The summed E-state index contributed by atoms with van der Waals surface area (Å²) in [4.78, 5) is 4.26. The SMILES string of the molecule is CCS(=O)(=O)c1cccc2s[c]nc12. The Balaban J connectivity index is 2.81. The predicted molar refractivity (Wildman–Crippen MR) is 56.2 cm³/mol.